The van der Waals surface area contributed by atoms with Crippen molar-refractivity contribution in [3.63, 3.8) is 0 Å². The van der Waals surface area contributed by atoms with Crippen LogP contribution in [0.2, 0.25) is 0 Å². The molecule has 2 rings (SSSR count). The number of ether oxygens (including phenoxy) is 3. The Morgan fingerprint density at radius 1 is 1.04 bits per heavy atom. The van der Waals surface area contributed by atoms with Crippen LogP contribution < -0.4 is 0 Å². The Balaban J connectivity index is 2.02. The molecule has 0 aromatic carbocycles. The smallest absolute Gasteiger partial charge is 0.306 e. The summed E-state index contributed by atoms with van der Waals surface area (Å²) in [6.07, 6.45) is 16.4. The van der Waals surface area contributed by atoms with Crippen LogP contribution in [0.25, 0.3) is 0 Å². The number of hydrogen-bond donors (Lipinski definition) is 0. The molecule has 24 heavy (non-hydrogen) atoms. The third-order valence-electron chi connectivity index (χ3n) is 4.87. The number of hydrogen-bond acceptors (Lipinski definition) is 4. The molecule has 1 fully saturated rings. The summed E-state index contributed by atoms with van der Waals surface area (Å²) in [7, 11) is 0. The van der Waals surface area contributed by atoms with Crippen LogP contribution in [0.1, 0.15) is 84.0 Å². The Morgan fingerprint density at radius 3 is 2.50 bits per heavy atom. The molecular formula is C20H34O4. The summed E-state index contributed by atoms with van der Waals surface area (Å²) in [5, 5.41) is 0. The van der Waals surface area contributed by atoms with Gasteiger partial charge in [-0.1, -0.05) is 45.4 Å². The summed E-state index contributed by atoms with van der Waals surface area (Å²) < 4.78 is 17.5. The quantitative estimate of drug-likeness (QED) is 0.415. The third-order valence-corrected chi connectivity index (χ3v) is 4.87. The second kappa shape index (κ2) is 10.9. The van der Waals surface area contributed by atoms with Gasteiger partial charge >= 0.3 is 5.97 Å². The van der Waals surface area contributed by atoms with Crippen LogP contribution in [-0.4, -0.2) is 31.1 Å². The maximum absolute atomic E-state index is 12.1. The molecule has 0 radical (unpaired) electrons. The van der Waals surface area contributed by atoms with Crippen LogP contribution in [0, 0.1) is 0 Å². The van der Waals surface area contributed by atoms with E-state index in [1.807, 2.05) is 12.2 Å². The molecule has 1 saturated heterocycles. The Kier molecular flexibility index (Phi) is 8.82. The number of carbonyl (C=O) groups is 1. The molecule has 0 N–H and O–H groups in total. The van der Waals surface area contributed by atoms with Crippen LogP contribution in [0.15, 0.2) is 12.2 Å². The lowest BCUT2D eigenvalue weighted by atomic mass is 10.0. The van der Waals surface area contributed by atoms with Crippen molar-refractivity contribution >= 4 is 5.97 Å². The fourth-order valence-electron chi connectivity index (χ4n) is 3.41. The standard InChI is InChI=1S/C20H34O4/c1-2-3-8-11-18-13-15-20(22-16-17-23-20)14-10-7-5-4-6-9-12-19(21)24-18/h13,15,18H,2-12,14,16-17H2,1H3/b15-13-/t18-/m1/s1. The molecule has 2 aliphatic heterocycles. The maximum atomic E-state index is 12.1. The Labute approximate surface area is 146 Å². The monoisotopic (exact) mass is 338 g/mol. The third kappa shape index (κ3) is 6.94. The maximum Gasteiger partial charge on any atom is 0.306 e. The van der Waals surface area contributed by atoms with Gasteiger partial charge in [-0.05, 0) is 37.8 Å². The van der Waals surface area contributed by atoms with Gasteiger partial charge in [-0.2, -0.15) is 0 Å². The molecule has 0 aromatic rings. The van der Waals surface area contributed by atoms with Gasteiger partial charge in [-0.3, -0.25) is 4.79 Å². The number of esters is 1. The van der Waals surface area contributed by atoms with E-state index in [1.165, 1.54) is 32.1 Å². The summed E-state index contributed by atoms with van der Waals surface area (Å²) in [5.74, 6) is -0.667. The zero-order chi connectivity index (χ0) is 17.1. The van der Waals surface area contributed by atoms with Crippen molar-refractivity contribution in [2.24, 2.45) is 0 Å². The molecule has 1 atom stereocenters. The van der Waals surface area contributed by atoms with Crippen LogP contribution >= 0.6 is 0 Å². The summed E-state index contributed by atoms with van der Waals surface area (Å²) in [5.41, 5.74) is 0. The molecule has 138 valence electrons. The molecule has 0 aromatic heterocycles. The first-order valence-electron chi connectivity index (χ1n) is 9.91. The molecular weight excluding hydrogens is 304 g/mol. The highest BCUT2D eigenvalue weighted by Gasteiger charge is 2.33. The highest BCUT2D eigenvalue weighted by molar-refractivity contribution is 5.69. The Bertz CT molecular complexity index is 385. The first-order chi connectivity index (χ1) is 11.7. The van der Waals surface area contributed by atoms with Crippen molar-refractivity contribution in [1.82, 2.24) is 0 Å². The van der Waals surface area contributed by atoms with Crippen molar-refractivity contribution in [2.45, 2.75) is 95.9 Å². The van der Waals surface area contributed by atoms with Crippen molar-refractivity contribution < 1.29 is 19.0 Å². The first kappa shape index (κ1) is 19.5. The fourth-order valence-corrected chi connectivity index (χ4v) is 3.41. The average Bonchev–Trinajstić information content (AvgIpc) is 3.04. The van der Waals surface area contributed by atoms with Gasteiger partial charge in [0.25, 0.3) is 0 Å². The highest BCUT2D eigenvalue weighted by Crippen LogP contribution is 2.29. The number of carbonyl (C=O) groups excluding carboxylic acids is 1. The second-order valence-corrected chi connectivity index (χ2v) is 7.01. The SMILES string of the molecule is CCCCC[C@@H]1/C=C\C2(CCCCCCCCC(=O)O1)OCCO2. The van der Waals surface area contributed by atoms with E-state index in [1.54, 1.807) is 0 Å². The van der Waals surface area contributed by atoms with Gasteiger partial charge in [0, 0.05) is 12.8 Å². The lowest BCUT2D eigenvalue weighted by molar-refractivity contribution is -0.148. The molecule has 4 nitrogen and oxygen atoms in total. The fraction of sp³-hybridized carbons (Fsp3) is 0.850. The number of rotatable bonds is 4. The molecule has 4 heteroatoms. The summed E-state index contributed by atoms with van der Waals surface area (Å²) in [6.45, 7) is 3.47. The van der Waals surface area contributed by atoms with E-state index < -0.39 is 5.79 Å². The van der Waals surface area contributed by atoms with Crippen molar-refractivity contribution in [1.29, 1.82) is 0 Å². The first-order valence-corrected chi connectivity index (χ1v) is 9.91. The van der Waals surface area contributed by atoms with Crippen LogP contribution in [-0.2, 0) is 19.0 Å². The highest BCUT2D eigenvalue weighted by atomic mass is 16.7. The second-order valence-electron chi connectivity index (χ2n) is 7.01. The van der Waals surface area contributed by atoms with Crippen LogP contribution in [0.3, 0.4) is 0 Å². The lowest BCUT2D eigenvalue weighted by Crippen LogP contribution is -2.28. The van der Waals surface area contributed by atoms with Crippen LogP contribution in [0.4, 0.5) is 0 Å². The van der Waals surface area contributed by atoms with Crippen molar-refractivity contribution in [2.75, 3.05) is 13.2 Å². The van der Waals surface area contributed by atoms with E-state index in [0.29, 0.717) is 19.6 Å². The molecule has 2 aliphatic rings. The van der Waals surface area contributed by atoms with Crippen molar-refractivity contribution in [3.8, 4) is 0 Å². The minimum atomic E-state index is -0.598. The molecule has 2 heterocycles. The minimum absolute atomic E-state index is 0.0690. The zero-order valence-electron chi connectivity index (χ0n) is 15.3. The number of cyclic esters (lactones) is 1. The van der Waals surface area contributed by atoms with Gasteiger partial charge in [0.1, 0.15) is 6.10 Å². The Hall–Kier alpha value is -0.870. The largest absolute Gasteiger partial charge is 0.458 e. The lowest BCUT2D eigenvalue weighted by Gasteiger charge is -2.25. The summed E-state index contributed by atoms with van der Waals surface area (Å²) in [6, 6.07) is 0. The molecule has 1 spiro atoms. The molecule has 0 unspecified atom stereocenters. The van der Waals surface area contributed by atoms with E-state index in [-0.39, 0.29) is 12.1 Å². The van der Waals surface area contributed by atoms with E-state index in [4.69, 9.17) is 14.2 Å². The van der Waals surface area contributed by atoms with Crippen molar-refractivity contribution in [3.05, 3.63) is 12.2 Å². The molecule has 0 bridgehead atoms. The molecule has 0 amide bonds. The molecule has 0 saturated carbocycles. The zero-order valence-corrected chi connectivity index (χ0v) is 15.3. The molecule has 0 aliphatic carbocycles. The predicted octanol–water partition coefficient (Wildman–Crippen LogP) is 4.91. The topological polar surface area (TPSA) is 44.8 Å². The summed E-state index contributed by atoms with van der Waals surface area (Å²) in [4.78, 5) is 12.1. The minimum Gasteiger partial charge on any atom is -0.458 e. The average molecular weight is 338 g/mol. The van der Waals surface area contributed by atoms with Gasteiger partial charge < -0.3 is 14.2 Å². The van der Waals surface area contributed by atoms with Gasteiger partial charge in [-0.25, -0.2) is 0 Å². The van der Waals surface area contributed by atoms with Crippen LogP contribution in [0.5, 0.6) is 0 Å². The summed E-state index contributed by atoms with van der Waals surface area (Å²) >= 11 is 0. The van der Waals surface area contributed by atoms with Gasteiger partial charge in [0.15, 0.2) is 5.79 Å². The predicted molar refractivity (Wildman–Crippen MR) is 94.7 cm³/mol. The van der Waals surface area contributed by atoms with E-state index in [2.05, 4.69) is 6.92 Å². The van der Waals surface area contributed by atoms with Gasteiger partial charge in [-0.15, -0.1) is 0 Å². The van der Waals surface area contributed by atoms with Gasteiger partial charge in [0.2, 0.25) is 0 Å². The van der Waals surface area contributed by atoms with E-state index in [0.717, 1.165) is 38.5 Å². The van der Waals surface area contributed by atoms with E-state index in [9.17, 15) is 4.79 Å². The normalized spacial score (nSPS) is 27.5. The number of unbranched alkanes of at least 4 members (excludes halogenated alkanes) is 2. The van der Waals surface area contributed by atoms with E-state index >= 15 is 0 Å². The Morgan fingerprint density at radius 2 is 1.75 bits per heavy atom. The van der Waals surface area contributed by atoms with Gasteiger partial charge in [0.05, 0.1) is 13.2 Å².